The van der Waals surface area contributed by atoms with E-state index in [0.717, 1.165) is 56.3 Å². The third kappa shape index (κ3) is 5.74. The van der Waals surface area contributed by atoms with Gasteiger partial charge in [0.1, 0.15) is 5.75 Å². The summed E-state index contributed by atoms with van der Waals surface area (Å²) < 4.78 is 5.40. The minimum atomic E-state index is 0.142. The highest BCUT2D eigenvalue weighted by Crippen LogP contribution is 2.23. The monoisotopic (exact) mass is 393 g/mol. The van der Waals surface area contributed by atoms with Gasteiger partial charge in [-0.25, -0.2) is 0 Å². The maximum atomic E-state index is 12.0. The van der Waals surface area contributed by atoms with E-state index < -0.39 is 0 Å². The highest BCUT2D eigenvalue weighted by molar-refractivity contribution is 6.30. The van der Waals surface area contributed by atoms with Crippen molar-refractivity contribution in [1.82, 2.24) is 20.4 Å². The predicted molar refractivity (Wildman–Crippen MR) is 107 cm³/mol. The van der Waals surface area contributed by atoms with Crippen molar-refractivity contribution in [3.63, 3.8) is 0 Å². The number of halogens is 1. The zero-order valence-corrected chi connectivity index (χ0v) is 16.8. The van der Waals surface area contributed by atoms with Crippen molar-refractivity contribution in [3.05, 3.63) is 28.8 Å². The molecule has 2 N–H and O–H groups in total. The number of benzene rings is 1. The molecule has 7 nitrogen and oxygen atoms in total. The number of aliphatic imine (C=N–C) groups is 1. The van der Waals surface area contributed by atoms with Gasteiger partial charge >= 0.3 is 0 Å². The number of carbonyl (C=O) groups is 1. The number of carbonyl (C=O) groups excluding carboxylic acids is 1. The number of guanidine groups is 1. The van der Waals surface area contributed by atoms with Gasteiger partial charge in [-0.2, -0.15) is 0 Å². The number of rotatable bonds is 6. The Morgan fingerprint density at radius 2 is 2.04 bits per heavy atom. The van der Waals surface area contributed by atoms with Gasteiger partial charge in [-0.1, -0.05) is 17.7 Å². The smallest absolute Gasteiger partial charge is 0.234 e. The van der Waals surface area contributed by atoms with Crippen LogP contribution in [0.15, 0.2) is 23.2 Å². The van der Waals surface area contributed by atoms with E-state index in [1.54, 1.807) is 14.2 Å². The fourth-order valence-corrected chi connectivity index (χ4v) is 3.35. The number of methoxy groups -OCH3 is 1. The number of piperazine rings is 1. The number of hydrogen-bond acceptors (Lipinski definition) is 4. The van der Waals surface area contributed by atoms with Crippen LogP contribution in [0, 0.1) is 0 Å². The molecule has 0 unspecified atom stereocenters. The zero-order chi connectivity index (χ0) is 19.2. The molecule has 1 aromatic rings. The second-order valence-electron chi connectivity index (χ2n) is 6.96. The van der Waals surface area contributed by atoms with Crippen molar-refractivity contribution in [2.24, 2.45) is 4.99 Å². The summed E-state index contributed by atoms with van der Waals surface area (Å²) in [5.74, 6) is 1.76. The summed E-state index contributed by atoms with van der Waals surface area (Å²) in [6.45, 7) is 4.48. The highest BCUT2D eigenvalue weighted by atomic mass is 35.5. The summed E-state index contributed by atoms with van der Waals surface area (Å²) in [4.78, 5) is 20.8. The van der Waals surface area contributed by atoms with E-state index in [-0.39, 0.29) is 5.91 Å². The SMILES string of the molecule is CN=C(NCc1ccc(Cl)cc1OC)N1CCN(CC(=O)NC2CC2)CC1. The normalized spacial score (nSPS) is 18.3. The standard InChI is InChI=1S/C19H28ClN5O2/c1-21-19(22-12-14-3-4-15(20)11-17(14)27-2)25-9-7-24(8-10-25)13-18(26)23-16-5-6-16/h3-4,11,16H,5-10,12-13H2,1-2H3,(H,21,22)(H,23,26). The Morgan fingerprint density at radius 3 is 2.67 bits per heavy atom. The Morgan fingerprint density at radius 1 is 1.30 bits per heavy atom. The van der Waals surface area contributed by atoms with Crippen molar-refractivity contribution in [2.75, 3.05) is 46.9 Å². The molecule has 1 saturated carbocycles. The summed E-state index contributed by atoms with van der Waals surface area (Å²) in [6.07, 6.45) is 2.25. The van der Waals surface area contributed by atoms with Crippen molar-refractivity contribution in [2.45, 2.75) is 25.4 Å². The lowest BCUT2D eigenvalue weighted by Gasteiger charge is -2.36. The van der Waals surface area contributed by atoms with Gasteiger partial charge in [0.15, 0.2) is 5.96 Å². The van der Waals surface area contributed by atoms with E-state index in [1.165, 1.54) is 0 Å². The van der Waals surface area contributed by atoms with Crippen LogP contribution < -0.4 is 15.4 Å². The Labute approximate surface area is 165 Å². The average Bonchev–Trinajstić information content (AvgIpc) is 3.48. The average molecular weight is 394 g/mol. The fourth-order valence-electron chi connectivity index (χ4n) is 3.19. The lowest BCUT2D eigenvalue weighted by molar-refractivity contribution is -0.122. The van der Waals surface area contributed by atoms with E-state index in [0.29, 0.717) is 24.2 Å². The second kappa shape index (κ2) is 9.28. The number of nitrogens with zero attached hydrogens (tertiary/aromatic N) is 3. The molecule has 1 amide bonds. The van der Waals surface area contributed by atoms with Crippen molar-refractivity contribution in [3.8, 4) is 5.75 Å². The molecule has 1 aromatic carbocycles. The molecule has 2 fully saturated rings. The summed E-state index contributed by atoms with van der Waals surface area (Å²) in [5.41, 5.74) is 1.03. The third-order valence-corrected chi connectivity index (χ3v) is 5.11. The summed E-state index contributed by atoms with van der Waals surface area (Å²) >= 11 is 6.02. The molecule has 0 spiro atoms. The molecule has 148 valence electrons. The Hall–Kier alpha value is -1.99. The number of nitrogens with one attached hydrogen (secondary N) is 2. The molecular formula is C19H28ClN5O2. The molecule has 8 heteroatoms. The number of amides is 1. The predicted octanol–water partition coefficient (Wildman–Crippen LogP) is 1.32. The van der Waals surface area contributed by atoms with E-state index in [1.807, 2.05) is 18.2 Å². The van der Waals surface area contributed by atoms with E-state index in [4.69, 9.17) is 16.3 Å². The summed E-state index contributed by atoms with van der Waals surface area (Å²) in [6, 6.07) is 6.05. The van der Waals surface area contributed by atoms with Crippen LogP contribution in [-0.4, -0.2) is 74.6 Å². The molecule has 1 aliphatic carbocycles. The van der Waals surface area contributed by atoms with E-state index in [2.05, 4.69) is 25.4 Å². The Bertz CT molecular complexity index is 685. The van der Waals surface area contributed by atoms with Gasteiger partial charge in [0.25, 0.3) is 0 Å². The molecule has 27 heavy (non-hydrogen) atoms. The maximum absolute atomic E-state index is 12.0. The van der Waals surface area contributed by atoms with Crippen LogP contribution in [0.3, 0.4) is 0 Å². The van der Waals surface area contributed by atoms with Crippen LogP contribution in [0.5, 0.6) is 5.75 Å². The first-order valence-electron chi connectivity index (χ1n) is 9.38. The van der Waals surface area contributed by atoms with Crippen LogP contribution in [-0.2, 0) is 11.3 Å². The molecule has 2 aliphatic rings. The van der Waals surface area contributed by atoms with Crippen LogP contribution in [0.4, 0.5) is 0 Å². The lowest BCUT2D eigenvalue weighted by Crippen LogP contribution is -2.54. The topological polar surface area (TPSA) is 69.2 Å². The minimum absolute atomic E-state index is 0.142. The van der Waals surface area contributed by atoms with Gasteiger partial charge in [-0.15, -0.1) is 0 Å². The molecule has 0 atom stereocenters. The Kier molecular flexibility index (Phi) is 6.79. The first-order chi connectivity index (χ1) is 13.1. The second-order valence-corrected chi connectivity index (χ2v) is 7.40. The first-order valence-corrected chi connectivity index (χ1v) is 9.76. The van der Waals surface area contributed by atoms with Crippen LogP contribution >= 0.6 is 11.6 Å². The molecule has 1 heterocycles. The van der Waals surface area contributed by atoms with E-state index in [9.17, 15) is 4.79 Å². The maximum Gasteiger partial charge on any atom is 0.234 e. The van der Waals surface area contributed by atoms with Gasteiger partial charge in [0, 0.05) is 56.4 Å². The first kappa shape index (κ1) is 19.8. The van der Waals surface area contributed by atoms with Gasteiger partial charge in [0.2, 0.25) is 5.91 Å². The molecule has 0 radical (unpaired) electrons. The molecule has 3 rings (SSSR count). The fraction of sp³-hybridized carbons (Fsp3) is 0.579. The zero-order valence-electron chi connectivity index (χ0n) is 16.0. The summed E-state index contributed by atoms with van der Waals surface area (Å²) in [7, 11) is 3.43. The molecule has 0 aromatic heterocycles. The van der Waals surface area contributed by atoms with Gasteiger partial charge < -0.3 is 20.3 Å². The van der Waals surface area contributed by atoms with Crippen LogP contribution in [0.25, 0.3) is 0 Å². The van der Waals surface area contributed by atoms with E-state index >= 15 is 0 Å². The van der Waals surface area contributed by atoms with Crippen molar-refractivity contribution in [1.29, 1.82) is 0 Å². The van der Waals surface area contributed by atoms with Crippen LogP contribution in [0.1, 0.15) is 18.4 Å². The Balaban J connectivity index is 1.47. The van der Waals surface area contributed by atoms with Gasteiger partial charge in [0.05, 0.1) is 13.7 Å². The highest BCUT2D eigenvalue weighted by Gasteiger charge is 2.25. The van der Waals surface area contributed by atoms with Crippen LogP contribution in [0.2, 0.25) is 5.02 Å². The minimum Gasteiger partial charge on any atom is -0.496 e. The lowest BCUT2D eigenvalue weighted by atomic mass is 10.2. The molecular weight excluding hydrogens is 366 g/mol. The molecule has 0 bridgehead atoms. The molecule has 1 saturated heterocycles. The number of hydrogen-bond donors (Lipinski definition) is 2. The van der Waals surface area contributed by atoms with Gasteiger partial charge in [-0.3, -0.25) is 14.7 Å². The van der Waals surface area contributed by atoms with Crippen molar-refractivity contribution >= 4 is 23.5 Å². The number of ether oxygens (including phenoxy) is 1. The van der Waals surface area contributed by atoms with Crippen molar-refractivity contribution < 1.29 is 9.53 Å². The summed E-state index contributed by atoms with van der Waals surface area (Å²) in [5, 5.41) is 7.10. The largest absolute Gasteiger partial charge is 0.496 e. The molecule has 1 aliphatic heterocycles. The quantitative estimate of drug-likeness (QED) is 0.563. The van der Waals surface area contributed by atoms with Gasteiger partial charge in [-0.05, 0) is 25.0 Å². The third-order valence-electron chi connectivity index (χ3n) is 4.88.